The van der Waals surface area contributed by atoms with Crippen LogP contribution in [-0.4, -0.2) is 23.8 Å². The van der Waals surface area contributed by atoms with Crippen LogP contribution in [0.15, 0.2) is 24.3 Å². The maximum Gasteiger partial charge on any atom is 0.330 e. The molecule has 0 saturated heterocycles. The summed E-state index contributed by atoms with van der Waals surface area (Å²) in [6.07, 6.45) is 1.04. The van der Waals surface area contributed by atoms with E-state index < -0.39 is 11.2 Å². The highest BCUT2D eigenvalue weighted by atomic mass is 16.5. The van der Waals surface area contributed by atoms with Gasteiger partial charge in [0, 0.05) is 0 Å². The summed E-state index contributed by atoms with van der Waals surface area (Å²) in [6, 6.07) is 8.23. The lowest BCUT2D eigenvalue weighted by atomic mass is 9.82. The molecular formula is C16H28BO2. The largest absolute Gasteiger partial charge is 0.427 e. The van der Waals surface area contributed by atoms with Crippen molar-refractivity contribution in [1.82, 2.24) is 0 Å². The molecule has 0 aromatic heterocycles. The first-order chi connectivity index (χ1) is 8.76. The molecule has 0 bridgehead atoms. The number of hydrogen-bond acceptors (Lipinski definition) is 2. The zero-order valence-corrected chi connectivity index (χ0v) is 13.4. The number of hydrogen-bond donors (Lipinski definition) is 1. The van der Waals surface area contributed by atoms with Crippen molar-refractivity contribution in [3.05, 3.63) is 29.8 Å². The van der Waals surface area contributed by atoms with Gasteiger partial charge >= 0.3 is 7.48 Å². The zero-order valence-electron chi connectivity index (χ0n) is 13.4. The Hall–Kier alpha value is -0.795. The molecule has 0 spiro atoms. The second-order valence-electron chi connectivity index (χ2n) is 5.40. The molecule has 0 aliphatic carbocycles. The molecule has 0 fully saturated rings. The summed E-state index contributed by atoms with van der Waals surface area (Å²) in [4.78, 5) is 0. The van der Waals surface area contributed by atoms with Crippen LogP contribution >= 0.6 is 0 Å². The van der Waals surface area contributed by atoms with Crippen molar-refractivity contribution in [1.29, 1.82) is 0 Å². The summed E-state index contributed by atoms with van der Waals surface area (Å²) in [7, 11) is 1.71. The molecule has 3 heteroatoms. The Morgan fingerprint density at radius 2 is 1.53 bits per heavy atom. The Balaban J connectivity index is 0.00000154. The van der Waals surface area contributed by atoms with Gasteiger partial charge in [0.05, 0.1) is 11.2 Å². The maximum absolute atomic E-state index is 9.96. The van der Waals surface area contributed by atoms with E-state index in [0.29, 0.717) is 0 Å². The lowest BCUT2D eigenvalue weighted by Gasteiger charge is -2.37. The topological polar surface area (TPSA) is 29.5 Å². The molecule has 0 atom stereocenters. The molecule has 1 aromatic carbocycles. The van der Waals surface area contributed by atoms with Gasteiger partial charge < -0.3 is 9.76 Å². The van der Waals surface area contributed by atoms with Gasteiger partial charge in [-0.25, -0.2) is 0 Å². The number of benzene rings is 1. The number of aliphatic hydroxyl groups is 1. The summed E-state index contributed by atoms with van der Waals surface area (Å²) in [5.74, 6) is 0. The molecule has 1 rings (SSSR count). The lowest BCUT2D eigenvalue weighted by molar-refractivity contribution is -0.0893. The molecule has 1 radical (unpaired) electrons. The third-order valence-corrected chi connectivity index (χ3v) is 3.35. The van der Waals surface area contributed by atoms with E-state index in [-0.39, 0.29) is 0 Å². The first kappa shape index (κ1) is 18.2. The Morgan fingerprint density at radius 3 is 1.89 bits per heavy atom. The summed E-state index contributed by atoms with van der Waals surface area (Å²) in [6.45, 7) is 13.4. The molecule has 0 aliphatic heterocycles. The molecule has 0 saturated carbocycles. The van der Waals surface area contributed by atoms with Crippen molar-refractivity contribution in [2.75, 3.05) is 0 Å². The zero-order chi connectivity index (χ0) is 15.1. The van der Waals surface area contributed by atoms with Crippen molar-refractivity contribution in [2.24, 2.45) is 0 Å². The van der Waals surface area contributed by atoms with Crippen LogP contribution in [0.1, 0.15) is 54.0 Å². The van der Waals surface area contributed by atoms with Gasteiger partial charge in [-0.1, -0.05) is 50.5 Å². The third kappa shape index (κ3) is 5.79. The Bertz CT molecular complexity index is 350. The molecule has 1 aromatic rings. The van der Waals surface area contributed by atoms with Gasteiger partial charge in [-0.3, -0.25) is 0 Å². The van der Waals surface area contributed by atoms with Gasteiger partial charge in [-0.2, -0.15) is 0 Å². The van der Waals surface area contributed by atoms with Crippen LogP contribution < -0.4 is 5.46 Å². The van der Waals surface area contributed by atoms with Crippen molar-refractivity contribution < 1.29 is 9.76 Å². The Kier molecular flexibility index (Phi) is 7.39. The van der Waals surface area contributed by atoms with Gasteiger partial charge in [0.2, 0.25) is 0 Å². The molecule has 0 amide bonds. The first-order valence-electron chi connectivity index (χ1n) is 7.08. The maximum atomic E-state index is 9.96. The van der Waals surface area contributed by atoms with Crippen LogP contribution in [0, 0.1) is 0 Å². The van der Waals surface area contributed by atoms with Crippen molar-refractivity contribution in [2.45, 2.75) is 66.1 Å². The average Bonchev–Trinajstić information content (AvgIpc) is 2.38. The van der Waals surface area contributed by atoms with E-state index in [2.05, 4.69) is 19.1 Å². The third-order valence-electron chi connectivity index (χ3n) is 3.35. The molecule has 107 valence electrons. The highest BCUT2D eigenvalue weighted by Gasteiger charge is 2.35. The monoisotopic (exact) mass is 263 g/mol. The van der Waals surface area contributed by atoms with Crippen molar-refractivity contribution in [3.63, 3.8) is 0 Å². The predicted octanol–water partition coefficient (Wildman–Crippen LogP) is 3.09. The van der Waals surface area contributed by atoms with Gasteiger partial charge in [0.1, 0.15) is 0 Å². The minimum absolute atomic E-state index is 0.615. The standard InChI is InChI=1S/C14H22BO2.C2H6/c1-6-11-7-9-12(10-8-11)15-17-14(4,5)13(2,3)16;1-2/h7-10,16H,6H2,1-5H3;1-2H3. The van der Waals surface area contributed by atoms with Crippen LogP contribution in [0.3, 0.4) is 0 Å². The Morgan fingerprint density at radius 1 is 1.05 bits per heavy atom. The fourth-order valence-corrected chi connectivity index (χ4v) is 1.19. The molecule has 0 aliphatic rings. The van der Waals surface area contributed by atoms with Crippen LogP contribution in [-0.2, 0) is 11.1 Å². The minimum atomic E-state index is -0.882. The average molecular weight is 263 g/mol. The van der Waals surface area contributed by atoms with Crippen LogP contribution in [0.2, 0.25) is 0 Å². The molecular weight excluding hydrogens is 235 g/mol. The lowest BCUT2D eigenvalue weighted by Crippen LogP contribution is -2.49. The van der Waals surface area contributed by atoms with Crippen LogP contribution in [0.4, 0.5) is 0 Å². The van der Waals surface area contributed by atoms with E-state index in [4.69, 9.17) is 4.65 Å². The van der Waals surface area contributed by atoms with Gasteiger partial charge in [0.25, 0.3) is 0 Å². The van der Waals surface area contributed by atoms with E-state index in [1.54, 1.807) is 21.3 Å². The fourth-order valence-electron chi connectivity index (χ4n) is 1.19. The molecule has 2 nitrogen and oxygen atoms in total. The van der Waals surface area contributed by atoms with Gasteiger partial charge in [-0.15, -0.1) is 0 Å². The van der Waals surface area contributed by atoms with E-state index in [1.807, 2.05) is 39.8 Å². The first-order valence-corrected chi connectivity index (χ1v) is 7.08. The second-order valence-corrected chi connectivity index (χ2v) is 5.40. The predicted molar refractivity (Wildman–Crippen MR) is 84.0 cm³/mol. The van der Waals surface area contributed by atoms with E-state index >= 15 is 0 Å². The van der Waals surface area contributed by atoms with E-state index in [9.17, 15) is 5.11 Å². The molecule has 1 N–H and O–H groups in total. The fraction of sp³-hybridized carbons (Fsp3) is 0.625. The van der Waals surface area contributed by atoms with Crippen LogP contribution in [0.25, 0.3) is 0 Å². The summed E-state index contributed by atoms with van der Waals surface area (Å²) < 4.78 is 5.68. The summed E-state index contributed by atoms with van der Waals surface area (Å²) >= 11 is 0. The van der Waals surface area contributed by atoms with Crippen LogP contribution in [0.5, 0.6) is 0 Å². The molecule has 0 heterocycles. The van der Waals surface area contributed by atoms with Crippen molar-refractivity contribution in [3.8, 4) is 0 Å². The molecule has 0 unspecified atom stereocenters. The van der Waals surface area contributed by atoms with E-state index in [1.165, 1.54) is 5.56 Å². The summed E-state index contributed by atoms with van der Waals surface area (Å²) in [5.41, 5.74) is 0.826. The highest BCUT2D eigenvalue weighted by molar-refractivity contribution is 6.47. The van der Waals surface area contributed by atoms with Crippen molar-refractivity contribution >= 4 is 12.9 Å². The Labute approximate surface area is 119 Å². The van der Waals surface area contributed by atoms with Gasteiger partial charge in [0.15, 0.2) is 0 Å². The summed E-state index contributed by atoms with van der Waals surface area (Å²) in [5, 5.41) is 9.96. The smallest absolute Gasteiger partial charge is 0.330 e. The quantitative estimate of drug-likeness (QED) is 0.827. The second kappa shape index (κ2) is 7.71. The highest BCUT2D eigenvalue weighted by Crippen LogP contribution is 2.24. The van der Waals surface area contributed by atoms with E-state index in [0.717, 1.165) is 11.9 Å². The van der Waals surface area contributed by atoms with Gasteiger partial charge in [-0.05, 0) is 39.7 Å². The number of rotatable bonds is 5. The SMILES string of the molecule is CC.CCc1ccc([B]OC(C)(C)C(C)(C)O)cc1. The normalized spacial score (nSPS) is 11.6. The minimum Gasteiger partial charge on any atom is -0.427 e. The molecule has 19 heavy (non-hydrogen) atoms. The number of aryl methyl sites for hydroxylation is 1.